The van der Waals surface area contributed by atoms with Gasteiger partial charge in [0.1, 0.15) is 0 Å². The number of aliphatic hydroxyl groups is 1. The van der Waals surface area contributed by atoms with Crippen molar-refractivity contribution in [2.24, 2.45) is 11.5 Å². The topological polar surface area (TPSA) is 72.3 Å². The monoisotopic (exact) mass is 118 g/mol. The van der Waals surface area contributed by atoms with Gasteiger partial charge in [0.25, 0.3) is 0 Å². The van der Waals surface area contributed by atoms with Gasteiger partial charge >= 0.3 is 0 Å². The van der Waals surface area contributed by atoms with Crippen molar-refractivity contribution < 1.29 is 5.11 Å². The number of aliphatic hydroxyl groups excluding tert-OH is 1. The average Bonchev–Trinajstić information content (AvgIpc) is 1.83. The lowest BCUT2D eigenvalue weighted by Gasteiger charge is -2.03. The fourth-order valence-corrected chi connectivity index (χ4v) is 0.471. The van der Waals surface area contributed by atoms with Crippen LogP contribution in [0.1, 0.15) is 12.8 Å². The van der Waals surface area contributed by atoms with E-state index < -0.39 is 0 Å². The van der Waals surface area contributed by atoms with Gasteiger partial charge < -0.3 is 16.6 Å². The van der Waals surface area contributed by atoms with Gasteiger partial charge in [-0.2, -0.15) is 0 Å². The number of rotatable bonds is 4. The molecule has 0 aliphatic rings. The van der Waals surface area contributed by atoms with E-state index in [-0.39, 0.29) is 6.10 Å². The molecule has 3 nitrogen and oxygen atoms in total. The Morgan fingerprint density at radius 2 is 2.00 bits per heavy atom. The Hall–Kier alpha value is -0.120. The summed E-state index contributed by atoms with van der Waals surface area (Å²) in [4.78, 5) is 0. The van der Waals surface area contributed by atoms with E-state index in [9.17, 15) is 0 Å². The van der Waals surface area contributed by atoms with Crippen LogP contribution in [0.4, 0.5) is 0 Å². The van der Waals surface area contributed by atoms with E-state index in [0.717, 1.165) is 12.8 Å². The average molecular weight is 118 g/mol. The third kappa shape index (κ3) is 4.05. The first kappa shape index (κ1) is 7.88. The van der Waals surface area contributed by atoms with Gasteiger partial charge in [0.15, 0.2) is 0 Å². The third-order valence-electron chi connectivity index (χ3n) is 1.01. The minimum Gasteiger partial charge on any atom is -0.392 e. The van der Waals surface area contributed by atoms with Gasteiger partial charge in [-0.05, 0) is 19.4 Å². The highest BCUT2D eigenvalue weighted by Crippen LogP contribution is 1.91. The summed E-state index contributed by atoms with van der Waals surface area (Å²) < 4.78 is 0. The lowest BCUT2D eigenvalue weighted by molar-refractivity contribution is 0.171. The molecule has 0 aromatic rings. The molecule has 0 amide bonds. The van der Waals surface area contributed by atoms with Gasteiger partial charge in [0.05, 0.1) is 6.10 Å². The molecule has 50 valence electrons. The minimum atomic E-state index is -0.349. The Balaban J connectivity index is 2.86. The lowest BCUT2D eigenvalue weighted by atomic mass is 10.2. The molecule has 0 unspecified atom stereocenters. The molecule has 0 saturated carbocycles. The summed E-state index contributed by atoms with van der Waals surface area (Å²) in [6, 6.07) is 0. The van der Waals surface area contributed by atoms with Gasteiger partial charge in [-0.15, -0.1) is 0 Å². The molecule has 0 aromatic heterocycles. The van der Waals surface area contributed by atoms with Gasteiger partial charge in [-0.25, -0.2) is 0 Å². The molecule has 0 bridgehead atoms. The Labute approximate surface area is 49.7 Å². The molecule has 0 saturated heterocycles. The van der Waals surface area contributed by atoms with Crippen molar-refractivity contribution in [1.82, 2.24) is 0 Å². The summed E-state index contributed by atoms with van der Waals surface area (Å²) in [5.41, 5.74) is 10.3. The van der Waals surface area contributed by atoms with E-state index in [0.29, 0.717) is 13.1 Å². The normalized spacial score (nSPS) is 13.9. The van der Waals surface area contributed by atoms with E-state index in [2.05, 4.69) is 0 Å². The van der Waals surface area contributed by atoms with Crippen molar-refractivity contribution >= 4 is 0 Å². The van der Waals surface area contributed by atoms with Gasteiger partial charge in [-0.1, -0.05) is 0 Å². The van der Waals surface area contributed by atoms with Gasteiger partial charge in [0, 0.05) is 6.54 Å². The molecular weight excluding hydrogens is 104 g/mol. The summed E-state index contributed by atoms with van der Waals surface area (Å²) >= 11 is 0. The maximum atomic E-state index is 8.81. The summed E-state index contributed by atoms with van der Waals surface area (Å²) in [6.45, 7) is 0.983. The summed E-state index contributed by atoms with van der Waals surface area (Å²) in [5, 5.41) is 8.81. The van der Waals surface area contributed by atoms with Gasteiger partial charge in [-0.3, -0.25) is 0 Å². The molecule has 1 atom stereocenters. The fourth-order valence-electron chi connectivity index (χ4n) is 0.471. The molecule has 0 spiro atoms. The summed E-state index contributed by atoms with van der Waals surface area (Å²) in [7, 11) is 0. The van der Waals surface area contributed by atoms with E-state index in [1.807, 2.05) is 0 Å². The van der Waals surface area contributed by atoms with E-state index in [4.69, 9.17) is 16.6 Å². The van der Waals surface area contributed by atoms with Crippen molar-refractivity contribution in [2.75, 3.05) is 13.1 Å². The van der Waals surface area contributed by atoms with Crippen LogP contribution >= 0.6 is 0 Å². The fraction of sp³-hybridized carbons (Fsp3) is 1.00. The quantitative estimate of drug-likeness (QED) is 0.445. The molecule has 0 fully saturated rings. The SMILES string of the molecule is NCCC[C@H](O)CN. The van der Waals surface area contributed by atoms with E-state index in [1.54, 1.807) is 0 Å². The predicted molar refractivity (Wildman–Crippen MR) is 33.3 cm³/mol. The van der Waals surface area contributed by atoms with Crippen LogP contribution < -0.4 is 11.5 Å². The highest BCUT2D eigenvalue weighted by Gasteiger charge is 1.96. The van der Waals surface area contributed by atoms with Crippen LogP contribution in [0.15, 0.2) is 0 Å². The van der Waals surface area contributed by atoms with E-state index >= 15 is 0 Å². The molecule has 0 aromatic carbocycles. The van der Waals surface area contributed by atoms with Crippen LogP contribution in [-0.2, 0) is 0 Å². The second-order valence-electron chi connectivity index (χ2n) is 1.82. The molecular formula is C5H14N2O. The number of hydrogen-bond donors (Lipinski definition) is 3. The van der Waals surface area contributed by atoms with Crippen LogP contribution in [0.5, 0.6) is 0 Å². The van der Waals surface area contributed by atoms with E-state index in [1.165, 1.54) is 0 Å². The molecule has 0 aliphatic heterocycles. The Morgan fingerprint density at radius 1 is 1.38 bits per heavy atom. The number of nitrogens with two attached hydrogens (primary N) is 2. The van der Waals surface area contributed by atoms with Crippen LogP contribution in [0.3, 0.4) is 0 Å². The third-order valence-corrected chi connectivity index (χ3v) is 1.01. The highest BCUT2D eigenvalue weighted by molar-refractivity contribution is 4.54. The molecule has 3 heteroatoms. The van der Waals surface area contributed by atoms with Crippen molar-refractivity contribution in [2.45, 2.75) is 18.9 Å². The first-order valence-electron chi connectivity index (χ1n) is 2.89. The molecule has 0 heterocycles. The van der Waals surface area contributed by atoms with Crippen LogP contribution in [0, 0.1) is 0 Å². The first-order valence-corrected chi connectivity index (χ1v) is 2.89. The predicted octanol–water partition coefficient (Wildman–Crippen LogP) is -0.955. The lowest BCUT2D eigenvalue weighted by Crippen LogP contribution is -2.20. The molecule has 0 radical (unpaired) electrons. The zero-order valence-corrected chi connectivity index (χ0v) is 5.01. The van der Waals surface area contributed by atoms with Crippen molar-refractivity contribution in [3.63, 3.8) is 0 Å². The Bertz CT molecular complexity index is 49.7. The first-order chi connectivity index (χ1) is 3.81. The Kier molecular flexibility index (Phi) is 4.95. The smallest absolute Gasteiger partial charge is 0.0662 e. The highest BCUT2D eigenvalue weighted by atomic mass is 16.3. The van der Waals surface area contributed by atoms with Crippen LogP contribution in [0.25, 0.3) is 0 Å². The second-order valence-corrected chi connectivity index (χ2v) is 1.82. The van der Waals surface area contributed by atoms with Crippen molar-refractivity contribution in [3.8, 4) is 0 Å². The van der Waals surface area contributed by atoms with Crippen molar-refractivity contribution in [3.05, 3.63) is 0 Å². The largest absolute Gasteiger partial charge is 0.392 e. The van der Waals surface area contributed by atoms with Crippen LogP contribution in [-0.4, -0.2) is 24.3 Å². The summed E-state index contributed by atoms with van der Waals surface area (Å²) in [5.74, 6) is 0. The Morgan fingerprint density at radius 3 is 2.38 bits per heavy atom. The van der Waals surface area contributed by atoms with Crippen LogP contribution in [0.2, 0.25) is 0 Å². The molecule has 8 heavy (non-hydrogen) atoms. The minimum absolute atomic E-state index is 0.347. The second kappa shape index (κ2) is 5.03. The zero-order chi connectivity index (χ0) is 6.41. The summed E-state index contributed by atoms with van der Waals surface area (Å²) in [6.07, 6.45) is 1.24. The molecule has 5 N–H and O–H groups in total. The maximum Gasteiger partial charge on any atom is 0.0662 e. The standard InChI is InChI=1S/C5H14N2O/c6-3-1-2-5(8)4-7/h5,8H,1-4,6-7H2/t5-/m0/s1. The number of hydrogen-bond acceptors (Lipinski definition) is 3. The zero-order valence-electron chi connectivity index (χ0n) is 5.01. The van der Waals surface area contributed by atoms with Crippen molar-refractivity contribution in [1.29, 1.82) is 0 Å². The molecule has 0 rings (SSSR count). The molecule has 0 aliphatic carbocycles. The van der Waals surface area contributed by atoms with Gasteiger partial charge in [0.2, 0.25) is 0 Å². The maximum absolute atomic E-state index is 8.81.